The largest absolute Gasteiger partial charge is 0.480 e. The second-order valence-electron chi connectivity index (χ2n) is 8.06. The van der Waals surface area contributed by atoms with Crippen LogP contribution >= 0.6 is 15.9 Å². The van der Waals surface area contributed by atoms with Gasteiger partial charge in [-0.25, -0.2) is 4.79 Å². The van der Waals surface area contributed by atoms with Crippen molar-refractivity contribution in [3.63, 3.8) is 0 Å². The number of carbonyl (C=O) groups excluding carboxylic acids is 3. The number of aliphatic carboxylic acids is 1. The van der Waals surface area contributed by atoms with E-state index in [0.717, 1.165) is 16.9 Å². The maximum absolute atomic E-state index is 13.4. The van der Waals surface area contributed by atoms with Crippen LogP contribution in [0.4, 0.5) is 0 Å². The summed E-state index contributed by atoms with van der Waals surface area (Å²) in [5, 5.41) is 12.5. The van der Waals surface area contributed by atoms with E-state index in [2.05, 4.69) is 21.2 Å². The minimum atomic E-state index is -1.09. The molecule has 0 radical (unpaired) electrons. The van der Waals surface area contributed by atoms with E-state index in [0.29, 0.717) is 38.8 Å². The maximum atomic E-state index is 13.4. The number of likely N-dealkylation sites (tertiary alicyclic amines) is 1. The van der Waals surface area contributed by atoms with Crippen molar-refractivity contribution < 1.29 is 24.3 Å². The molecule has 2 aliphatic heterocycles. The van der Waals surface area contributed by atoms with Gasteiger partial charge in [-0.1, -0.05) is 46.3 Å². The molecule has 0 aromatic heterocycles. The average molecular weight is 494 g/mol. The van der Waals surface area contributed by atoms with E-state index in [1.165, 1.54) is 11.8 Å². The van der Waals surface area contributed by atoms with Gasteiger partial charge >= 0.3 is 5.97 Å². The molecule has 2 N–H and O–H groups in total. The van der Waals surface area contributed by atoms with Crippen LogP contribution in [0.2, 0.25) is 0 Å². The number of halogens is 1. The lowest BCUT2D eigenvalue weighted by atomic mass is 10.1. The Hall–Kier alpha value is -2.26. The standard InChI is InChI=1S/C22H28BrN3O5/c1-14(19(27)25-12-6-10-18(25)22(30)31)26(21(29)17-9-5-11-24-17)20(28)16(23)13-15-7-3-2-4-8-15/h2-4,7-8,14,16-18,24H,5-6,9-13H2,1H3,(H,30,31)/t14-,16+,17-,18-/m0/s1. The zero-order valence-corrected chi connectivity index (χ0v) is 19.1. The van der Waals surface area contributed by atoms with Gasteiger partial charge in [0.15, 0.2) is 0 Å². The molecule has 31 heavy (non-hydrogen) atoms. The normalized spacial score (nSPS) is 22.7. The van der Waals surface area contributed by atoms with Crippen LogP contribution in [-0.4, -0.2) is 74.6 Å². The molecule has 0 spiro atoms. The second kappa shape index (κ2) is 10.4. The molecule has 2 aliphatic rings. The molecule has 0 saturated carbocycles. The first-order valence-electron chi connectivity index (χ1n) is 10.6. The number of nitrogens with zero attached hydrogens (tertiary/aromatic N) is 2. The SMILES string of the molecule is C[C@@H](C(=O)N1CCC[C@H]1C(=O)O)N(C(=O)[C@H](Br)Cc1ccccc1)C(=O)[C@@H]1CCCN1. The van der Waals surface area contributed by atoms with Crippen LogP contribution in [-0.2, 0) is 25.6 Å². The molecule has 2 heterocycles. The molecular formula is C22H28BrN3O5. The first-order chi connectivity index (χ1) is 14.8. The van der Waals surface area contributed by atoms with Crippen molar-refractivity contribution in [2.45, 2.75) is 62.0 Å². The number of carboxylic acid groups (broad SMARTS) is 1. The smallest absolute Gasteiger partial charge is 0.326 e. The Morgan fingerprint density at radius 3 is 2.52 bits per heavy atom. The Balaban J connectivity index is 1.83. The molecule has 1 aromatic carbocycles. The van der Waals surface area contributed by atoms with E-state index in [1.807, 2.05) is 30.3 Å². The van der Waals surface area contributed by atoms with E-state index in [9.17, 15) is 24.3 Å². The van der Waals surface area contributed by atoms with Crippen LogP contribution in [0, 0.1) is 0 Å². The minimum absolute atomic E-state index is 0.305. The fourth-order valence-corrected chi connectivity index (χ4v) is 4.84. The predicted molar refractivity (Wildman–Crippen MR) is 118 cm³/mol. The fourth-order valence-electron chi connectivity index (χ4n) is 4.25. The predicted octanol–water partition coefficient (Wildman–Crippen LogP) is 1.56. The van der Waals surface area contributed by atoms with Crippen molar-refractivity contribution >= 4 is 39.6 Å². The third kappa shape index (κ3) is 5.33. The van der Waals surface area contributed by atoms with E-state index in [4.69, 9.17) is 0 Å². The lowest BCUT2D eigenvalue weighted by molar-refractivity contribution is -0.157. The van der Waals surface area contributed by atoms with Gasteiger partial charge in [-0.3, -0.25) is 19.3 Å². The number of amides is 3. The summed E-state index contributed by atoms with van der Waals surface area (Å²) in [5.74, 6) is -2.51. The number of rotatable bonds is 7. The van der Waals surface area contributed by atoms with Crippen molar-refractivity contribution in [2.75, 3.05) is 13.1 Å². The van der Waals surface area contributed by atoms with Crippen LogP contribution in [0.5, 0.6) is 0 Å². The van der Waals surface area contributed by atoms with Gasteiger partial charge in [0, 0.05) is 6.54 Å². The lowest BCUT2D eigenvalue weighted by Gasteiger charge is -2.34. The summed E-state index contributed by atoms with van der Waals surface area (Å²) in [7, 11) is 0. The molecular weight excluding hydrogens is 466 g/mol. The molecule has 3 amide bonds. The summed E-state index contributed by atoms with van der Waals surface area (Å²) in [6, 6.07) is 6.88. The van der Waals surface area contributed by atoms with Crippen molar-refractivity contribution in [1.29, 1.82) is 0 Å². The number of hydrogen-bond donors (Lipinski definition) is 2. The van der Waals surface area contributed by atoms with Gasteiger partial charge in [0.25, 0.3) is 0 Å². The highest BCUT2D eigenvalue weighted by Crippen LogP contribution is 2.23. The number of carbonyl (C=O) groups is 4. The molecule has 2 fully saturated rings. The number of carboxylic acids is 1. The highest BCUT2D eigenvalue weighted by Gasteiger charge is 2.43. The third-order valence-electron chi connectivity index (χ3n) is 5.92. The zero-order chi connectivity index (χ0) is 22.5. The topological polar surface area (TPSA) is 107 Å². The summed E-state index contributed by atoms with van der Waals surface area (Å²) in [6.45, 7) is 2.49. The van der Waals surface area contributed by atoms with Gasteiger partial charge in [0.1, 0.15) is 12.1 Å². The molecule has 3 rings (SSSR count). The van der Waals surface area contributed by atoms with Crippen LogP contribution in [0.1, 0.15) is 38.2 Å². The Morgan fingerprint density at radius 2 is 1.90 bits per heavy atom. The van der Waals surface area contributed by atoms with Crippen LogP contribution < -0.4 is 5.32 Å². The second-order valence-corrected chi connectivity index (χ2v) is 9.16. The van der Waals surface area contributed by atoms with Gasteiger partial charge < -0.3 is 15.3 Å². The third-order valence-corrected chi connectivity index (χ3v) is 6.64. The summed E-state index contributed by atoms with van der Waals surface area (Å²) < 4.78 is 0. The van der Waals surface area contributed by atoms with Crippen molar-refractivity contribution in [1.82, 2.24) is 15.1 Å². The molecule has 4 atom stereocenters. The van der Waals surface area contributed by atoms with E-state index < -0.39 is 46.6 Å². The Labute approximate surface area is 190 Å². The number of alkyl halides is 1. The fraction of sp³-hybridized carbons (Fsp3) is 0.545. The molecule has 9 heteroatoms. The Morgan fingerprint density at radius 1 is 1.19 bits per heavy atom. The van der Waals surface area contributed by atoms with E-state index in [-0.39, 0.29) is 0 Å². The summed E-state index contributed by atoms with van der Waals surface area (Å²) in [4.78, 5) is 53.0. The van der Waals surface area contributed by atoms with Crippen molar-refractivity contribution in [2.24, 2.45) is 0 Å². The highest BCUT2D eigenvalue weighted by atomic mass is 79.9. The number of imide groups is 1. The van der Waals surface area contributed by atoms with Gasteiger partial charge in [-0.05, 0) is 51.1 Å². The zero-order valence-electron chi connectivity index (χ0n) is 17.5. The maximum Gasteiger partial charge on any atom is 0.326 e. The summed E-state index contributed by atoms with van der Waals surface area (Å²) >= 11 is 3.41. The highest BCUT2D eigenvalue weighted by molar-refractivity contribution is 9.10. The molecule has 1 aromatic rings. The van der Waals surface area contributed by atoms with Gasteiger partial charge in [0.2, 0.25) is 17.7 Å². The van der Waals surface area contributed by atoms with Crippen LogP contribution in [0.15, 0.2) is 30.3 Å². The number of nitrogens with one attached hydrogen (secondary N) is 1. The molecule has 0 bridgehead atoms. The Kier molecular flexibility index (Phi) is 7.83. The van der Waals surface area contributed by atoms with Crippen molar-refractivity contribution in [3.8, 4) is 0 Å². The number of hydrogen-bond acceptors (Lipinski definition) is 5. The molecule has 8 nitrogen and oxygen atoms in total. The van der Waals surface area contributed by atoms with Crippen molar-refractivity contribution in [3.05, 3.63) is 35.9 Å². The molecule has 0 unspecified atom stereocenters. The van der Waals surface area contributed by atoms with Crippen LogP contribution in [0.3, 0.4) is 0 Å². The van der Waals surface area contributed by atoms with Gasteiger partial charge in [-0.2, -0.15) is 0 Å². The monoisotopic (exact) mass is 493 g/mol. The number of benzene rings is 1. The van der Waals surface area contributed by atoms with E-state index in [1.54, 1.807) is 0 Å². The lowest BCUT2D eigenvalue weighted by Crippen LogP contribution is -2.58. The quantitative estimate of drug-likeness (QED) is 0.558. The van der Waals surface area contributed by atoms with Gasteiger partial charge in [-0.15, -0.1) is 0 Å². The summed E-state index contributed by atoms with van der Waals surface area (Å²) in [6.07, 6.45) is 2.72. The summed E-state index contributed by atoms with van der Waals surface area (Å²) in [5.41, 5.74) is 0.925. The first kappa shape index (κ1) is 23.4. The molecule has 168 valence electrons. The average Bonchev–Trinajstić information content (AvgIpc) is 3.46. The van der Waals surface area contributed by atoms with E-state index >= 15 is 0 Å². The Bertz CT molecular complexity index is 828. The van der Waals surface area contributed by atoms with Gasteiger partial charge in [0.05, 0.1) is 10.9 Å². The minimum Gasteiger partial charge on any atom is -0.480 e. The molecule has 0 aliphatic carbocycles. The molecule has 2 saturated heterocycles. The first-order valence-corrected chi connectivity index (χ1v) is 11.5. The van der Waals surface area contributed by atoms with Crippen LogP contribution in [0.25, 0.3) is 0 Å².